The van der Waals surface area contributed by atoms with Crippen LogP contribution in [0, 0.1) is 0 Å². The number of halogens is 3. The Morgan fingerprint density at radius 2 is 1.88 bits per heavy atom. The van der Waals surface area contributed by atoms with Crippen molar-refractivity contribution in [1.82, 2.24) is 4.90 Å². The molecule has 0 aliphatic carbocycles. The number of nitrogens with zero attached hydrogens (tertiary/aromatic N) is 1. The van der Waals surface area contributed by atoms with Crippen LogP contribution in [-0.2, 0) is 0 Å². The van der Waals surface area contributed by atoms with Gasteiger partial charge in [-0.3, -0.25) is 0 Å². The lowest BCUT2D eigenvalue weighted by molar-refractivity contribution is -0.275. The third kappa shape index (κ3) is 3.90. The summed E-state index contributed by atoms with van der Waals surface area (Å²) in [6.07, 6.45) is -4.69. The van der Waals surface area contributed by atoms with Crippen LogP contribution in [0.25, 0.3) is 0 Å². The molecule has 0 heterocycles. The lowest BCUT2D eigenvalue weighted by atomic mass is 10.1. The van der Waals surface area contributed by atoms with Crippen molar-refractivity contribution in [2.75, 3.05) is 20.6 Å². The molecule has 1 aromatic carbocycles. The first-order valence-corrected chi connectivity index (χ1v) is 5.06. The van der Waals surface area contributed by atoms with Gasteiger partial charge in [0.05, 0.1) is 6.04 Å². The summed E-state index contributed by atoms with van der Waals surface area (Å²) in [5.41, 5.74) is 5.99. The number of nitrogens with two attached hydrogens (primary N) is 1. The van der Waals surface area contributed by atoms with Crippen molar-refractivity contribution in [2.24, 2.45) is 5.73 Å². The quantitative estimate of drug-likeness (QED) is 0.887. The molecule has 3 nitrogen and oxygen atoms in total. The van der Waals surface area contributed by atoms with Crippen molar-refractivity contribution in [3.63, 3.8) is 0 Å². The Labute approximate surface area is 98.0 Å². The maximum atomic E-state index is 12.2. The summed E-state index contributed by atoms with van der Waals surface area (Å²) in [7, 11) is 3.50. The van der Waals surface area contributed by atoms with Crippen LogP contribution in [0.2, 0.25) is 0 Å². The Morgan fingerprint density at radius 3 is 2.35 bits per heavy atom. The second-order valence-electron chi connectivity index (χ2n) is 3.80. The molecule has 0 amide bonds. The molecule has 1 atom stereocenters. The van der Waals surface area contributed by atoms with Gasteiger partial charge >= 0.3 is 6.36 Å². The van der Waals surface area contributed by atoms with Crippen molar-refractivity contribution in [1.29, 1.82) is 0 Å². The first kappa shape index (κ1) is 13.8. The summed E-state index contributed by atoms with van der Waals surface area (Å²) in [6, 6.07) is 5.71. The molecule has 1 aromatic rings. The molecule has 0 radical (unpaired) electrons. The topological polar surface area (TPSA) is 38.5 Å². The lowest BCUT2D eigenvalue weighted by Crippen LogP contribution is -2.28. The first-order chi connectivity index (χ1) is 7.85. The summed E-state index contributed by atoms with van der Waals surface area (Å²) < 4.78 is 40.7. The van der Waals surface area contributed by atoms with E-state index in [0.29, 0.717) is 5.56 Å². The van der Waals surface area contributed by atoms with Gasteiger partial charge in [-0.1, -0.05) is 18.2 Å². The van der Waals surface area contributed by atoms with Gasteiger partial charge in [0.25, 0.3) is 0 Å². The highest BCUT2D eigenvalue weighted by Gasteiger charge is 2.33. The van der Waals surface area contributed by atoms with E-state index in [0.717, 1.165) is 0 Å². The van der Waals surface area contributed by atoms with Crippen LogP contribution in [0.1, 0.15) is 11.6 Å². The summed E-state index contributed by atoms with van der Waals surface area (Å²) in [5.74, 6) is -0.204. The zero-order chi connectivity index (χ0) is 13.1. The standard InChI is InChI=1S/C11H15F3N2O/c1-16(2)9(7-15)8-5-3-4-6-10(8)17-11(12,13)14/h3-6,9H,7,15H2,1-2H3/t9-/m0/s1. The van der Waals surface area contributed by atoms with E-state index in [2.05, 4.69) is 4.74 Å². The average Bonchev–Trinajstić information content (AvgIpc) is 2.18. The molecule has 1 rings (SSSR count). The molecule has 17 heavy (non-hydrogen) atoms. The summed E-state index contributed by atoms with van der Waals surface area (Å²) in [4.78, 5) is 1.75. The minimum Gasteiger partial charge on any atom is -0.405 e. The maximum absolute atomic E-state index is 12.2. The highest BCUT2D eigenvalue weighted by Crippen LogP contribution is 2.31. The average molecular weight is 248 g/mol. The molecule has 0 unspecified atom stereocenters. The Balaban J connectivity index is 3.06. The number of ether oxygens (including phenoxy) is 1. The monoisotopic (exact) mass is 248 g/mol. The fourth-order valence-electron chi connectivity index (χ4n) is 1.59. The minimum atomic E-state index is -4.69. The molecule has 2 N–H and O–H groups in total. The van der Waals surface area contributed by atoms with E-state index in [1.54, 1.807) is 31.1 Å². The Morgan fingerprint density at radius 1 is 1.29 bits per heavy atom. The normalized spacial score (nSPS) is 13.8. The molecule has 0 aromatic heterocycles. The molecule has 0 bridgehead atoms. The van der Waals surface area contributed by atoms with Crippen LogP contribution in [0.5, 0.6) is 5.75 Å². The number of rotatable bonds is 4. The van der Waals surface area contributed by atoms with E-state index >= 15 is 0 Å². The highest BCUT2D eigenvalue weighted by atomic mass is 19.4. The fraction of sp³-hybridized carbons (Fsp3) is 0.455. The summed E-state index contributed by atoms with van der Waals surface area (Å²) in [6.45, 7) is 0.214. The number of benzene rings is 1. The Bertz CT molecular complexity index is 366. The maximum Gasteiger partial charge on any atom is 0.573 e. The van der Waals surface area contributed by atoms with Gasteiger partial charge < -0.3 is 15.4 Å². The van der Waals surface area contributed by atoms with Crippen molar-refractivity contribution >= 4 is 0 Å². The third-order valence-electron chi connectivity index (χ3n) is 2.35. The minimum absolute atomic E-state index is 0.204. The molecular weight excluding hydrogens is 233 g/mol. The van der Waals surface area contributed by atoms with E-state index in [-0.39, 0.29) is 18.3 Å². The van der Waals surface area contributed by atoms with Gasteiger partial charge in [0.2, 0.25) is 0 Å². The number of likely N-dealkylation sites (N-methyl/N-ethyl adjacent to an activating group) is 1. The van der Waals surface area contributed by atoms with Crippen molar-refractivity contribution in [2.45, 2.75) is 12.4 Å². The van der Waals surface area contributed by atoms with Gasteiger partial charge in [-0.15, -0.1) is 13.2 Å². The van der Waals surface area contributed by atoms with Gasteiger partial charge in [-0.25, -0.2) is 0 Å². The second kappa shape index (κ2) is 5.37. The van der Waals surface area contributed by atoms with E-state index in [9.17, 15) is 13.2 Å². The van der Waals surface area contributed by atoms with Gasteiger partial charge in [0, 0.05) is 12.1 Å². The largest absolute Gasteiger partial charge is 0.573 e. The zero-order valence-corrected chi connectivity index (χ0v) is 9.66. The molecule has 0 aliphatic heterocycles. The first-order valence-electron chi connectivity index (χ1n) is 5.06. The number of para-hydroxylation sites is 1. The smallest absolute Gasteiger partial charge is 0.405 e. The van der Waals surface area contributed by atoms with Gasteiger partial charge in [0.15, 0.2) is 0 Å². The number of hydrogen-bond donors (Lipinski definition) is 1. The molecule has 6 heteroatoms. The summed E-state index contributed by atoms with van der Waals surface area (Å²) >= 11 is 0. The van der Waals surface area contributed by atoms with Crippen molar-refractivity contribution in [3.05, 3.63) is 29.8 Å². The van der Waals surface area contributed by atoms with Gasteiger partial charge in [-0.05, 0) is 20.2 Å². The van der Waals surface area contributed by atoms with Crippen LogP contribution in [-0.4, -0.2) is 31.9 Å². The molecule has 0 saturated carbocycles. The molecule has 96 valence electrons. The Hall–Kier alpha value is -1.27. The fourth-order valence-corrected chi connectivity index (χ4v) is 1.59. The van der Waals surface area contributed by atoms with Gasteiger partial charge in [-0.2, -0.15) is 0 Å². The predicted octanol–water partition coefficient (Wildman–Crippen LogP) is 2.15. The second-order valence-corrected chi connectivity index (χ2v) is 3.80. The van der Waals surface area contributed by atoms with Crippen LogP contribution in [0.15, 0.2) is 24.3 Å². The highest BCUT2D eigenvalue weighted by molar-refractivity contribution is 5.36. The molecule has 0 aliphatic rings. The number of hydrogen-bond acceptors (Lipinski definition) is 3. The third-order valence-corrected chi connectivity index (χ3v) is 2.35. The molecule has 0 spiro atoms. The number of alkyl halides is 3. The van der Waals surface area contributed by atoms with Crippen molar-refractivity contribution < 1.29 is 17.9 Å². The molecular formula is C11H15F3N2O. The van der Waals surface area contributed by atoms with Crippen molar-refractivity contribution in [3.8, 4) is 5.75 Å². The van der Waals surface area contributed by atoms with Crippen LogP contribution in [0.4, 0.5) is 13.2 Å². The SMILES string of the molecule is CN(C)[C@@H](CN)c1ccccc1OC(F)(F)F. The lowest BCUT2D eigenvalue weighted by Gasteiger charge is -2.25. The van der Waals surface area contributed by atoms with Crippen LogP contribution >= 0.6 is 0 Å². The summed E-state index contributed by atoms with van der Waals surface area (Å²) in [5, 5.41) is 0. The Kier molecular flexibility index (Phi) is 4.36. The van der Waals surface area contributed by atoms with E-state index < -0.39 is 6.36 Å². The van der Waals surface area contributed by atoms with Crippen LogP contribution < -0.4 is 10.5 Å². The van der Waals surface area contributed by atoms with E-state index in [1.165, 1.54) is 12.1 Å². The molecule has 0 fully saturated rings. The molecule has 0 saturated heterocycles. The van der Waals surface area contributed by atoms with E-state index in [4.69, 9.17) is 5.73 Å². The van der Waals surface area contributed by atoms with Gasteiger partial charge in [0.1, 0.15) is 5.75 Å². The van der Waals surface area contributed by atoms with E-state index in [1.807, 2.05) is 0 Å². The predicted molar refractivity (Wildman–Crippen MR) is 58.6 cm³/mol. The van der Waals surface area contributed by atoms with Crippen LogP contribution in [0.3, 0.4) is 0 Å². The zero-order valence-electron chi connectivity index (χ0n) is 9.66.